The number of benzene rings is 5. The SMILES string of the molecule is CC(C)(C)c1ccc(-n2c(-c3ccccc3)nc3c(-c4cc5sccc5c(-c5cc(C(C)(C)C)cc(C(C)(C)C)c5O)n4)cccc32)c(-c2ccccc2)c1. The molecular formula is C50H49N3OS. The molecule has 0 radical (unpaired) electrons. The lowest BCUT2D eigenvalue weighted by Gasteiger charge is -2.27. The van der Waals surface area contributed by atoms with Crippen LogP contribution in [0.4, 0.5) is 0 Å². The standard InChI is InChI=1S/C50H49N3OS/c1-48(2,3)33-23-24-41(37(27-33)31-17-12-10-13-18-31)53-42-22-16-21-35(45(42)52-47(53)32-19-14-11-15-20-32)40-30-43-36(25-26-55-43)44(51-40)38-28-34(49(4,5)6)29-39(46(38)54)50(7,8)9/h10-30,54H,1-9H3. The molecule has 0 aliphatic carbocycles. The van der Waals surface area contributed by atoms with Crippen LogP contribution in [-0.2, 0) is 16.2 Å². The first-order chi connectivity index (χ1) is 26.1. The number of phenolic OH excluding ortho intramolecular Hbond substituents is 1. The highest BCUT2D eigenvalue weighted by Crippen LogP contribution is 2.46. The summed E-state index contributed by atoms with van der Waals surface area (Å²) in [6.07, 6.45) is 0. The Labute approximate surface area is 329 Å². The second-order valence-electron chi connectivity index (χ2n) is 17.8. The number of para-hydroxylation sites is 1. The zero-order valence-electron chi connectivity index (χ0n) is 33.3. The van der Waals surface area contributed by atoms with Crippen molar-refractivity contribution < 1.29 is 5.11 Å². The van der Waals surface area contributed by atoms with Crippen LogP contribution in [0.15, 0.2) is 127 Å². The van der Waals surface area contributed by atoms with E-state index < -0.39 is 0 Å². The van der Waals surface area contributed by atoms with Crippen molar-refractivity contribution in [1.82, 2.24) is 14.5 Å². The van der Waals surface area contributed by atoms with Crippen molar-refractivity contribution in [1.29, 1.82) is 0 Å². The summed E-state index contributed by atoms with van der Waals surface area (Å²) >= 11 is 1.69. The van der Waals surface area contributed by atoms with Gasteiger partial charge in [-0.1, -0.05) is 147 Å². The van der Waals surface area contributed by atoms with E-state index in [1.165, 1.54) is 11.1 Å². The highest BCUT2D eigenvalue weighted by Gasteiger charge is 2.28. The van der Waals surface area contributed by atoms with E-state index in [1.807, 2.05) is 6.07 Å². The van der Waals surface area contributed by atoms with E-state index in [2.05, 4.69) is 188 Å². The average molecular weight is 740 g/mol. The molecule has 0 aliphatic rings. The molecule has 0 unspecified atom stereocenters. The summed E-state index contributed by atoms with van der Waals surface area (Å²) in [4.78, 5) is 11.0. The highest BCUT2D eigenvalue weighted by molar-refractivity contribution is 7.17. The van der Waals surface area contributed by atoms with Crippen molar-refractivity contribution in [3.05, 3.63) is 143 Å². The Kier molecular flexibility index (Phi) is 8.85. The Balaban J connectivity index is 1.42. The van der Waals surface area contributed by atoms with Gasteiger partial charge < -0.3 is 5.11 Å². The van der Waals surface area contributed by atoms with E-state index >= 15 is 0 Å². The lowest BCUT2D eigenvalue weighted by molar-refractivity contribution is 0.446. The lowest BCUT2D eigenvalue weighted by Crippen LogP contribution is -2.17. The number of aromatic nitrogens is 3. The van der Waals surface area contributed by atoms with Crippen molar-refractivity contribution in [2.45, 2.75) is 78.6 Å². The molecule has 0 bridgehead atoms. The maximum Gasteiger partial charge on any atom is 0.145 e. The molecule has 4 nitrogen and oxygen atoms in total. The third-order valence-corrected chi connectivity index (χ3v) is 11.5. The number of nitrogens with zero attached hydrogens (tertiary/aromatic N) is 3. The minimum Gasteiger partial charge on any atom is -0.507 e. The third kappa shape index (κ3) is 6.65. The van der Waals surface area contributed by atoms with E-state index in [-0.39, 0.29) is 16.2 Å². The number of rotatable bonds is 5. The smallest absolute Gasteiger partial charge is 0.145 e. The molecule has 0 fully saturated rings. The number of phenols is 1. The van der Waals surface area contributed by atoms with Crippen LogP contribution in [0.3, 0.4) is 0 Å². The summed E-state index contributed by atoms with van der Waals surface area (Å²) < 4.78 is 3.43. The Bertz CT molecular complexity index is 2700. The van der Waals surface area contributed by atoms with Crippen LogP contribution >= 0.6 is 11.3 Å². The number of hydrogen-bond donors (Lipinski definition) is 1. The van der Waals surface area contributed by atoms with Crippen molar-refractivity contribution in [3.63, 3.8) is 0 Å². The van der Waals surface area contributed by atoms with Crippen LogP contribution in [0.25, 0.3) is 71.8 Å². The molecule has 0 spiro atoms. The summed E-state index contributed by atoms with van der Waals surface area (Å²) in [7, 11) is 0. The first-order valence-electron chi connectivity index (χ1n) is 19.1. The molecule has 8 rings (SSSR count). The van der Waals surface area contributed by atoms with Crippen LogP contribution < -0.4 is 0 Å². The van der Waals surface area contributed by atoms with Crippen LogP contribution in [0, 0.1) is 0 Å². The van der Waals surface area contributed by atoms with Gasteiger partial charge in [-0.3, -0.25) is 4.57 Å². The first kappa shape index (κ1) is 36.5. The van der Waals surface area contributed by atoms with E-state index in [9.17, 15) is 5.11 Å². The maximum atomic E-state index is 12.0. The Morgan fingerprint density at radius 2 is 1.22 bits per heavy atom. The minimum absolute atomic E-state index is 0.0210. The summed E-state index contributed by atoms with van der Waals surface area (Å²) in [6.45, 7) is 19.9. The van der Waals surface area contributed by atoms with E-state index in [1.54, 1.807) is 11.3 Å². The molecule has 5 heteroatoms. The van der Waals surface area contributed by atoms with Crippen LogP contribution in [0.2, 0.25) is 0 Å². The van der Waals surface area contributed by atoms with Gasteiger partial charge in [0.15, 0.2) is 0 Å². The van der Waals surface area contributed by atoms with Gasteiger partial charge >= 0.3 is 0 Å². The van der Waals surface area contributed by atoms with Crippen LogP contribution in [0.5, 0.6) is 5.75 Å². The maximum absolute atomic E-state index is 12.0. The molecule has 3 aromatic heterocycles. The van der Waals surface area contributed by atoms with Crippen molar-refractivity contribution in [2.75, 3.05) is 0 Å². The topological polar surface area (TPSA) is 50.9 Å². The molecule has 55 heavy (non-hydrogen) atoms. The van der Waals surface area contributed by atoms with Gasteiger partial charge in [-0.2, -0.15) is 0 Å². The summed E-state index contributed by atoms with van der Waals surface area (Å²) in [5.41, 5.74) is 12.5. The van der Waals surface area contributed by atoms with E-state index in [0.717, 1.165) is 77.4 Å². The number of thiophene rings is 1. The fraction of sp³-hybridized carbons (Fsp3) is 0.240. The molecule has 0 amide bonds. The number of hydrogen-bond acceptors (Lipinski definition) is 4. The van der Waals surface area contributed by atoms with Gasteiger partial charge in [0.25, 0.3) is 0 Å². The van der Waals surface area contributed by atoms with E-state index in [4.69, 9.17) is 9.97 Å². The lowest BCUT2D eigenvalue weighted by atomic mass is 9.78. The van der Waals surface area contributed by atoms with Crippen LogP contribution in [0.1, 0.15) is 79.0 Å². The van der Waals surface area contributed by atoms with Gasteiger partial charge in [0.2, 0.25) is 0 Å². The molecule has 0 saturated carbocycles. The van der Waals surface area contributed by atoms with Gasteiger partial charge in [-0.15, -0.1) is 11.3 Å². The number of aromatic hydroxyl groups is 1. The monoisotopic (exact) mass is 739 g/mol. The normalized spacial score (nSPS) is 12.5. The van der Waals surface area contributed by atoms with Crippen molar-refractivity contribution >= 4 is 32.5 Å². The molecule has 3 heterocycles. The molecule has 276 valence electrons. The van der Waals surface area contributed by atoms with Crippen molar-refractivity contribution in [2.24, 2.45) is 0 Å². The number of fused-ring (bicyclic) bond motifs is 2. The zero-order chi connectivity index (χ0) is 38.9. The average Bonchev–Trinajstić information content (AvgIpc) is 3.79. The summed E-state index contributed by atoms with van der Waals surface area (Å²) in [5, 5.41) is 15.2. The largest absolute Gasteiger partial charge is 0.507 e. The fourth-order valence-electron chi connectivity index (χ4n) is 7.51. The Hall–Kier alpha value is -5.52. The summed E-state index contributed by atoms with van der Waals surface area (Å²) in [5.74, 6) is 1.16. The third-order valence-electron chi connectivity index (χ3n) is 10.7. The highest BCUT2D eigenvalue weighted by atomic mass is 32.1. The molecule has 8 aromatic rings. The van der Waals surface area contributed by atoms with E-state index in [0.29, 0.717) is 5.75 Å². The molecule has 0 atom stereocenters. The molecule has 0 aliphatic heterocycles. The molecule has 5 aromatic carbocycles. The fourth-order valence-corrected chi connectivity index (χ4v) is 8.33. The summed E-state index contributed by atoms with van der Waals surface area (Å²) in [6, 6.07) is 43.0. The van der Waals surface area contributed by atoms with Gasteiger partial charge in [-0.05, 0) is 74.7 Å². The number of imidazole rings is 1. The second-order valence-corrected chi connectivity index (χ2v) is 18.7. The number of pyridine rings is 1. The van der Waals surface area contributed by atoms with Gasteiger partial charge in [-0.25, -0.2) is 9.97 Å². The minimum atomic E-state index is -0.262. The predicted octanol–water partition coefficient (Wildman–Crippen LogP) is 13.9. The Morgan fingerprint density at radius 3 is 1.87 bits per heavy atom. The van der Waals surface area contributed by atoms with Crippen LogP contribution in [-0.4, -0.2) is 19.6 Å². The first-order valence-corrected chi connectivity index (χ1v) is 20.0. The van der Waals surface area contributed by atoms with Gasteiger partial charge in [0.05, 0.1) is 28.1 Å². The Morgan fingerprint density at radius 1 is 0.564 bits per heavy atom. The van der Waals surface area contributed by atoms with Crippen molar-refractivity contribution in [3.8, 4) is 56.5 Å². The molecular weight excluding hydrogens is 691 g/mol. The quantitative estimate of drug-likeness (QED) is 0.191. The zero-order valence-corrected chi connectivity index (χ0v) is 34.1. The molecule has 0 saturated heterocycles. The second kappa shape index (κ2) is 13.3. The van der Waals surface area contributed by atoms with Gasteiger partial charge in [0.1, 0.15) is 11.6 Å². The van der Waals surface area contributed by atoms with Gasteiger partial charge in [0, 0.05) is 37.9 Å². The molecule has 1 N–H and O–H groups in total. The predicted molar refractivity (Wildman–Crippen MR) is 234 cm³/mol.